The summed E-state index contributed by atoms with van der Waals surface area (Å²) in [6, 6.07) is 14.4. The van der Waals surface area contributed by atoms with Gasteiger partial charge >= 0.3 is 0 Å². The molecule has 1 aliphatic rings. The van der Waals surface area contributed by atoms with E-state index in [1.807, 2.05) is 38.1 Å². The average molecular weight is 396 g/mol. The molecule has 1 saturated heterocycles. The first-order valence-corrected chi connectivity index (χ1v) is 9.57. The fourth-order valence-corrected chi connectivity index (χ4v) is 3.42. The molecule has 0 bridgehead atoms. The molecule has 1 aliphatic heterocycles. The standard InChI is InChI=1S/C20H20N4O3S/c1-12-3-7-14(8-4-12)18(26)23-24-20-22-17(25)11-16(28-20)19(27)21-15-9-5-13(2)6-10-15/h3-10,16H,11H2,1-2H3,(H,21,27)(H,23,26)(H,22,24,25)/t16-/m1/s1. The second-order valence-corrected chi connectivity index (χ2v) is 7.63. The predicted octanol–water partition coefficient (Wildman–Crippen LogP) is 2.56. The quantitative estimate of drug-likeness (QED) is 0.692. The Labute approximate surface area is 167 Å². The van der Waals surface area contributed by atoms with Crippen LogP contribution in [0.2, 0.25) is 0 Å². The molecule has 1 heterocycles. The molecule has 144 valence electrons. The maximum Gasteiger partial charge on any atom is 0.271 e. The Morgan fingerprint density at radius 2 is 1.64 bits per heavy atom. The number of hydrogen-bond acceptors (Lipinski definition) is 5. The molecule has 1 atom stereocenters. The minimum atomic E-state index is -0.634. The lowest BCUT2D eigenvalue weighted by atomic mass is 10.1. The van der Waals surface area contributed by atoms with Crippen LogP contribution in [0.5, 0.6) is 0 Å². The van der Waals surface area contributed by atoms with Crippen LogP contribution in [0.1, 0.15) is 27.9 Å². The lowest BCUT2D eigenvalue weighted by Crippen LogP contribution is -2.42. The SMILES string of the molecule is Cc1ccc(NC(=O)[C@H]2CC(=O)N/C(=N\NC(=O)c3ccc(C)cc3)S2)cc1. The third kappa shape index (κ3) is 5.20. The van der Waals surface area contributed by atoms with Crippen LogP contribution in [-0.4, -0.2) is 28.1 Å². The van der Waals surface area contributed by atoms with Crippen LogP contribution in [0.4, 0.5) is 5.69 Å². The molecule has 3 amide bonds. The highest BCUT2D eigenvalue weighted by Gasteiger charge is 2.30. The maximum atomic E-state index is 12.5. The summed E-state index contributed by atoms with van der Waals surface area (Å²) in [5.74, 6) is -1.01. The third-order valence-electron chi connectivity index (χ3n) is 4.06. The molecular weight excluding hydrogens is 376 g/mol. The fraction of sp³-hybridized carbons (Fsp3) is 0.200. The zero-order valence-corrected chi connectivity index (χ0v) is 16.3. The Morgan fingerprint density at radius 1 is 1.04 bits per heavy atom. The molecule has 7 nitrogen and oxygen atoms in total. The lowest BCUT2D eigenvalue weighted by Gasteiger charge is -2.22. The lowest BCUT2D eigenvalue weighted by molar-refractivity contribution is -0.123. The highest BCUT2D eigenvalue weighted by Crippen LogP contribution is 2.22. The molecule has 0 aromatic heterocycles. The molecule has 0 saturated carbocycles. The van der Waals surface area contributed by atoms with Gasteiger partial charge in [-0.1, -0.05) is 47.2 Å². The minimum Gasteiger partial charge on any atom is -0.325 e. The van der Waals surface area contributed by atoms with Crippen LogP contribution >= 0.6 is 11.8 Å². The van der Waals surface area contributed by atoms with Gasteiger partial charge in [-0.25, -0.2) is 5.43 Å². The molecule has 2 aromatic rings. The van der Waals surface area contributed by atoms with Crippen molar-refractivity contribution in [1.29, 1.82) is 0 Å². The van der Waals surface area contributed by atoms with Crippen molar-refractivity contribution in [3.05, 3.63) is 65.2 Å². The number of hydrogen-bond donors (Lipinski definition) is 3. The summed E-state index contributed by atoms with van der Waals surface area (Å²) in [4.78, 5) is 36.6. The van der Waals surface area contributed by atoms with Crippen LogP contribution in [0, 0.1) is 13.8 Å². The number of rotatable bonds is 4. The van der Waals surface area contributed by atoms with E-state index in [9.17, 15) is 14.4 Å². The van der Waals surface area contributed by atoms with E-state index in [1.165, 1.54) is 0 Å². The van der Waals surface area contributed by atoms with E-state index in [4.69, 9.17) is 0 Å². The zero-order chi connectivity index (χ0) is 20.1. The molecule has 8 heteroatoms. The summed E-state index contributed by atoms with van der Waals surface area (Å²) in [5, 5.41) is 8.86. The number of benzene rings is 2. The van der Waals surface area contributed by atoms with Gasteiger partial charge in [-0.15, -0.1) is 5.10 Å². The number of carbonyl (C=O) groups is 3. The van der Waals surface area contributed by atoms with E-state index in [0.29, 0.717) is 11.3 Å². The van der Waals surface area contributed by atoms with Gasteiger partial charge in [0.25, 0.3) is 5.91 Å². The van der Waals surface area contributed by atoms with Crippen molar-refractivity contribution in [2.24, 2.45) is 5.10 Å². The number of amides is 3. The number of nitrogens with one attached hydrogen (secondary N) is 3. The molecule has 0 unspecified atom stereocenters. The number of thioether (sulfide) groups is 1. The van der Waals surface area contributed by atoms with Crippen molar-refractivity contribution in [2.45, 2.75) is 25.5 Å². The Balaban J connectivity index is 1.62. The van der Waals surface area contributed by atoms with E-state index >= 15 is 0 Å². The van der Waals surface area contributed by atoms with Gasteiger partial charge < -0.3 is 10.6 Å². The predicted molar refractivity (Wildman–Crippen MR) is 110 cm³/mol. The van der Waals surface area contributed by atoms with E-state index in [-0.39, 0.29) is 23.4 Å². The topological polar surface area (TPSA) is 99.7 Å². The molecule has 2 aromatic carbocycles. The number of nitrogens with zero attached hydrogens (tertiary/aromatic N) is 1. The second-order valence-electron chi connectivity index (χ2n) is 6.44. The van der Waals surface area contributed by atoms with Gasteiger partial charge in [-0.05, 0) is 38.1 Å². The normalized spacial score (nSPS) is 17.7. The van der Waals surface area contributed by atoms with Crippen molar-refractivity contribution in [1.82, 2.24) is 10.7 Å². The Bertz CT molecular complexity index is 923. The van der Waals surface area contributed by atoms with E-state index in [1.54, 1.807) is 24.3 Å². The van der Waals surface area contributed by atoms with E-state index in [0.717, 1.165) is 22.9 Å². The second kappa shape index (κ2) is 8.71. The maximum absolute atomic E-state index is 12.5. The van der Waals surface area contributed by atoms with E-state index < -0.39 is 11.2 Å². The molecule has 28 heavy (non-hydrogen) atoms. The van der Waals surface area contributed by atoms with Crippen molar-refractivity contribution in [3.8, 4) is 0 Å². The van der Waals surface area contributed by atoms with Crippen LogP contribution in [-0.2, 0) is 9.59 Å². The van der Waals surface area contributed by atoms with Crippen molar-refractivity contribution >= 4 is 40.3 Å². The Morgan fingerprint density at radius 3 is 2.29 bits per heavy atom. The van der Waals surface area contributed by atoms with Crippen molar-refractivity contribution < 1.29 is 14.4 Å². The fourth-order valence-electron chi connectivity index (χ4n) is 2.48. The Hall–Kier alpha value is -3.13. The molecule has 3 N–H and O–H groups in total. The highest BCUT2D eigenvalue weighted by atomic mass is 32.2. The number of carbonyl (C=O) groups excluding carboxylic acids is 3. The largest absolute Gasteiger partial charge is 0.325 e. The van der Waals surface area contributed by atoms with Crippen molar-refractivity contribution in [3.63, 3.8) is 0 Å². The van der Waals surface area contributed by atoms with Gasteiger partial charge in [-0.2, -0.15) is 0 Å². The van der Waals surface area contributed by atoms with Crippen LogP contribution < -0.4 is 16.1 Å². The van der Waals surface area contributed by atoms with Crippen LogP contribution in [0.15, 0.2) is 53.6 Å². The van der Waals surface area contributed by atoms with Crippen LogP contribution in [0.25, 0.3) is 0 Å². The molecule has 0 spiro atoms. The smallest absolute Gasteiger partial charge is 0.271 e. The van der Waals surface area contributed by atoms with E-state index in [2.05, 4.69) is 21.2 Å². The molecule has 0 radical (unpaired) electrons. The van der Waals surface area contributed by atoms with Gasteiger partial charge in [0, 0.05) is 17.7 Å². The summed E-state index contributed by atoms with van der Waals surface area (Å²) in [7, 11) is 0. The summed E-state index contributed by atoms with van der Waals surface area (Å²) >= 11 is 1.10. The average Bonchev–Trinajstić information content (AvgIpc) is 2.68. The molecule has 0 aliphatic carbocycles. The summed E-state index contributed by atoms with van der Waals surface area (Å²) in [6.07, 6.45) is 0.0350. The summed E-state index contributed by atoms with van der Waals surface area (Å²) in [6.45, 7) is 3.89. The first-order chi connectivity index (χ1) is 13.4. The van der Waals surface area contributed by atoms with Gasteiger partial charge in [-0.3, -0.25) is 14.4 Å². The molecule has 3 rings (SSSR count). The Kier molecular flexibility index (Phi) is 6.10. The monoisotopic (exact) mass is 396 g/mol. The number of aryl methyl sites for hydroxylation is 2. The minimum absolute atomic E-state index is 0.0350. The third-order valence-corrected chi connectivity index (χ3v) is 5.14. The summed E-state index contributed by atoms with van der Waals surface area (Å²) in [5.41, 5.74) is 5.65. The highest BCUT2D eigenvalue weighted by molar-refractivity contribution is 8.15. The van der Waals surface area contributed by atoms with Gasteiger partial charge in [0.15, 0.2) is 5.17 Å². The number of amidine groups is 1. The van der Waals surface area contributed by atoms with Gasteiger partial charge in [0.1, 0.15) is 5.25 Å². The number of hydrazone groups is 1. The van der Waals surface area contributed by atoms with Gasteiger partial charge in [0.05, 0.1) is 0 Å². The van der Waals surface area contributed by atoms with Crippen molar-refractivity contribution in [2.75, 3.05) is 5.32 Å². The van der Waals surface area contributed by atoms with Gasteiger partial charge in [0.2, 0.25) is 11.8 Å². The summed E-state index contributed by atoms with van der Waals surface area (Å²) < 4.78 is 0. The first kappa shape index (κ1) is 19.6. The molecular formula is C20H20N4O3S. The zero-order valence-electron chi connectivity index (χ0n) is 15.5. The number of anilines is 1. The molecule has 1 fully saturated rings. The first-order valence-electron chi connectivity index (χ1n) is 8.69. The van der Waals surface area contributed by atoms with Crippen LogP contribution in [0.3, 0.4) is 0 Å².